The van der Waals surface area contributed by atoms with Crippen LogP contribution in [-0.2, 0) is 5.75 Å². The number of thioether (sulfide) groups is 1. The summed E-state index contributed by atoms with van der Waals surface area (Å²) in [7, 11) is 0. The van der Waals surface area contributed by atoms with Crippen molar-refractivity contribution in [2.75, 3.05) is 0 Å². The number of ketones is 1. The van der Waals surface area contributed by atoms with Gasteiger partial charge in [0.1, 0.15) is 5.76 Å². The van der Waals surface area contributed by atoms with Crippen LogP contribution >= 0.6 is 23.4 Å². The maximum Gasteiger partial charge on any atom is 0.164 e. The van der Waals surface area contributed by atoms with E-state index in [2.05, 4.69) is 4.98 Å². The molecule has 2 heterocycles. The van der Waals surface area contributed by atoms with Gasteiger partial charge in [0.15, 0.2) is 5.78 Å². The predicted octanol–water partition coefficient (Wildman–Crippen LogP) is 5.58. The lowest BCUT2D eigenvalue weighted by Crippen LogP contribution is -2.06. The van der Waals surface area contributed by atoms with Crippen molar-refractivity contribution in [1.29, 1.82) is 0 Å². The third kappa shape index (κ3) is 4.49. The molecule has 24 heavy (non-hydrogen) atoms. The van der Waals surface area contributed by atoms with Crippen LogP contribution in [0.5, 0.6) is 0 Å². The predicted molar refractivity (Wildman–Crippen MR) is 97.4 cm³/mol. The van der Waals surface area contributed by atoms with Gasteiger partial charge in [-0.2, -0.15) is 0 Å². The summed E-state index contributed by atoms with van der Waals surface area (Å²) in [5.41, 5.74) is 1.76. The van der Waals surface area contributed by atoms with E-state index in [0.717, 1.165) is 11.3 Å². The number of carbonyl (C=O) groups is 1. The van der Waals surface area contributed by atoms with Crippen LogP contribution in [0.15, 0.2) is 71.6 Å². The van der Waals surface area contributed by atoms with Crippen molar-refractivity contribution in [2.45, 2.75) is 17.4 Å². The van der Waals surface area contributed by atoms with Gasteiger partial charge in [-0.15, -0.1) is 11.8 Å². The van der Waals surface area contributed by atoms with Gasteiger partial charge < -0.3 is 4.42 Å². The number of Topliss-reactive ketones (excluding diaryl/α,β-unsaturated/α-hetero) is 1. The molecule has 0 aliphatic heterocycles. The maximum absolute atomic E-state index is 12.6. The summed E-state index contributed by atoms with van der Waals surface area (Å²) < 4.78 is 5.39. The first-order valence-electron chi connectivity index (χ1n) is 7.55. The van der Waals surface area contributed by atoms with E-state index < -0.39 is 0 Å². The number of hydrogen-bond acceptors (Lipinski definition) is 4. The highest BCUT2D eigenvalue weighted by Gasteiger charge is 2.18. The maximum atomic E-state index is 12.6. The van der Waals surface area contributed by atoms with Crippen molar-refractivity contribution in [3.63, 3.8) is 0 Å². The summed E-state index contributed by atoms with van der Waals surface area (Å²) in [6.07, 6.45) is 5.35. The second kappa shape index (κ2) is 8.18. The molecule has 1 atom stereocenters. The third-order valence-electron chi connectivity index (χ3n) is 3.62. The van der Waals surface area contributed by atoms with Gasteiger partial charge in [-0.3, -0.25) is 9.78 Å². The van der Waals surface area contributed by atoms with Crippen molar-refractivity contribution in [2.24, 2.45) is 0 Å². The van der Waals surface area contributed by atoms with Gasteiger partial charge in [-0.05, 0) is 42.0 Å². The van der Waals surface area contributed by atoms with E-state index in [4.69, 9.17) is 16.0 Å². The van der Waals surface area contributed by atoms with Crippen molar-refractivity contribution in [1.82, 2.24) is 4.98 Å². The molecular formula is C19H16ClNO2S. The molecule has 5 heteroatoms. The fourth-order valence-electron chi connectivity index (χ4n) is 2.35. The Morgan fingerprint density at radius 3 is 2.54 bits per heavy atom. The second-order valence-electron chi connectivity index (χ2n) is 5.29. The minimum absolute atomic E-state index is 0.0352. The number of rotatable bonds is 7. The van der Waals surface area contributed by atoms with Gasteiger partial charge in [0, 0.05) is 34.7 Å². The molecule has 0 bridgehead atoms. The molecule has 0 radical (unpaired) electrons. The summed E-state index contributed by atoms with van der Waals surface area (Å²) >= 11 is 7.67. The zero-order chi connectivity index (χ0) is 16.8. The van der Waals surface area contributed by atoms with E-state index in [9.17, 15) is 4.79 Å². The smallest absolute Gasteiger partial charge is 0.164 e. The van der Waals surface area contributed by atoms with Gasteiger partial charge in [-0.1, -0.05) is 23.7 Å². The summed E-state index contributed by atoms with van der Waals surface area (Å²) in [6, 6.07) is 15.0. The lowest BCUT2D eigenvalue weighted by molar-refractivity contribution is 0.0982. The standard InChI is InChI=1S/C19H16ClNO2S/c20-16-5-3-15(4-6-16)19(24-13-17-2-1-11-23-17)12-18(22)14-7-9-21-10-8-14/h1-11,19H,12-13H2. The largest absolute Gasteiger partial charge is 0.468 e. The molecule has 2 aromatic heterocycles. The Bertz CT molecular complexity index is 773. The lowest BCUT2D eigenvalue weighted by atomic mass is 10.0. The number of aromatic nitrogens is 1. The molecule has 1 unspecified atom stereocenters. The quantitative estimate of drug-likeness (QED) is 0.518. The molecule has 1 aromatic carbocycles. The summed E-state index contributed by atoms with van der Waals surface area (Å²) in [6.45, 7) is 0. The first-order chi connectivity index (χ1) is 11.7. The molecule has 0 fully saturated rings. The normalized spacial score (nSPS) is 12.0. The first-order valence-corrected chi connectivity index (χ1v) is 8.98. The van der Waals surface area contributed by atoms with Crippen LogP contribution in [0, 0.1) is 0 Å². The molecule has 0 aliphatic carbocycles. The van der Waals surface area contributed by atoms with Gasteiger partial charge in [0.25, 0.3) is 0 Å². The van der Waals surface area contributed by atoms with Crippen LogP contribution in [0.2, 0.25) is 5.02 Å². The van der Waals surface area contributed by atoms with Gasteiger partial charge in [-0.25, -0.2) is 0 Å². The molecule has 122 valence electrons. The Balaban J connectivity index is 1.75. The summed E-state index contributed by atoms with van der Waals surface area (Å²) in [4.78, 5) is 16.5. The molecule has 0 saturated heterocycles. The molecule has 0 aliphatic rings. The van der Waals surface area contributed by atoms with E-state index in [1.165, 1.54) is 0 Å². The second-order valence-corrected chi connectivity index (χ2v) is 6.92. The van der Waals surface area contributed by atoms with E-state index in [1.54, 1.807) is 42.6 Å². The van der Waals surface area contributed by atoms with Gasteiger partial charge >= 0.3 is 0 Å². The lowest BCUT2D eigenvalue weighted by Gasteiger charge is -2.16. The highest BCUT2D eigenvalue weighted by molar-refractivity contribution is 7.98. The van der Waals surface area contributed by atoms with Gasteiger partial charge in [0.2, 0.25) is 0 Å². The third-order valence-corrected chi connectivity index (χ3v) is 5.17. The number of pyridine rings is 1. The number of furan rings is 1. The topological polar surface area (TPSA) is 43.1 Å². The Morgan fingerprint density at radius 2 is 1.88 bits per heavy atom. The van der Waals surface area contributed by atoms with Crippen molar-refractivity contribution >= 4 is 29.1 Å². The Morgan fingerprint density at radius 1 is 1.12 bits per heavy atom. The Kier molecular flexibility index (Phi) is 5.72. The highest BCUT2D eigenvalue weighted by atomic mass is 35.5. The molecule has 3 rings (SSSR count). The van der Waals surface area contributed by atoms with Crippen LogP contribution in [0.1, 0.15) is 33.4 Å². The molecule has 3 nitrogen and oxygen atoms in total. The molecule has 0 spiro atoms. The molecule has 0 N–H and O–H groups in total. The minimum atomic E-state index is 0.0352. The van der Waals surface area contributed by atoms with Crippen LogP contribution in [0.4, 0.5) is 0 Å². The Labute approximate surface area is 150 Å². The zero-order valence-electron chi connectivity index (χ0n) is 12.9. The molecule has 0 amide bonds. The fraction of sp³-hybridized carbons (Fsp3) is 0.158. The molecule has 0 saturated carbocycles. The van der Waals surface area contributed by atoms with Gasteiger partial charge in [0.05, 0.1) is 12.0 Å². The van der Waals surface area contributed by atoms with E-state index in [1.807, 2.05) is 36.4 Å². The van der Waals surface area contributed by atoms with Crippen LogP contribution in [0.25, 0.3) is 0 Å². The van der Waals surface area contributed by atoms with Crippen molar-refractivity contribution < 1.29 is 9.21 Å². The number of benzene rings is 1. The monoisotopic (exact) mass is 357 g/mol. The van der Waals surface area contributed by atoms with E-state index in [0.29, 0.717) is 22.8 Å². The highest BCUT2D eigenvalue weighted by Crippen LogP contribution is 2.36. The average molecular weight is 358 g/mol. The summed E-state index contributed by atoms with van der Waals surface area (Å²) in [5.74, 6) is 1.71. The number of carbonyl (C=O) groups excluding carboxylic acids is 1. The average Bonchev–Trinajstić information content (AvgIpc) is 3.13. The minimum Gasteiger partial charge on any atom is -0.468 e. The van der Waals surface area contributed by atoms with Crippen LogP contribution < -0.4 is 0 Å². The first kappa shape index (κ1) is 16.8. The number of hydrogen-bond donors (Lipinski definition) is 0. The number of nitrogens with zero attached hydrogens (tertiary/aromatic N) is 1. The van der Waals surface area contributed by atoms with Crippen molar-refractivity contribution in [3.05, 3.63) is 89.1 Å². The zero-order valence-corrected chi connectivity index (χ0v) is 14.5. The summed E-state index contributed by atoms with van der Waals surface area (Å²) in [5, 5.41) is 0.724. The van der Waals surface area contributed by atoms with Crippen molar-refractivity contribution in [3.8, 4) is 0 Å². The fourth-order valence-corrected chi connectivity index (χ4v) is 3.63. The van der Waals surface area contributed by atoms with E-state index in [-0.39, 0.29) is 11.0 Å². The van der Waals surface area contributed by atoms with Crippen LogP contribution in [0.3, 0.4) is 0 Å². The molecule has 3 aromatic rings. The Hall–Kier alpha value is -2.04. The number of halogens is 1. The SMILES string of the molecule is O=C(CC(SCc1ccco1)c1ccc(Cl)cc1)c1ccncc1. The molecular weight excluding hydrogens is 342 g/mol. The van der Waals surface area contributed by atoms with Crippen LogP contribution in [-0.4, -0.2) is 10.8 Å². The van der Waals surface area contributed by atoms with E-state index >= 15 is 0 Å².